The average Bonchev–Trinajstić information content (AvgIpc) is 2.62. The van der Waals surface area contributed by atoms with Crippen molar-refractivity contribution in [3.8, 4) is 0 Å². The van der Waals surface area contributed by atoms with Crippen LogP contribution in [0.1, 0.15) is 50.7 Å². The molecule has 1 rings (SSSR count). The van der Waals surface area contributed by atoms with Crippen molar-refractivity contribution >= 4 is 49.6 Å². The third-order valence-electron chi connectivity index (χ3n) is 3.45. The molecule has 9 heteroatoms. The third kappa shape index (κ3) is 7.89. The van der Waals surface area contributed by atoms with Crippen LogP contribution in [0.25, 0.3) is 0 Å². The molecule has 0 aliphatic carbocycles. The Morgan fingerprint density at radius 3 is 2.45 bits per heavy atom. The molecule has 0 saturated heterocycles. The van der Waals surface area contributed by atoms with E-state index >= 15 is 0 Å². The summed E-state index contributed by atoms with van der Waals surface area (Å²) in [6.45, 7) is 8.27. The van der Waals surface area contributed by atoms with Crippen molar-refractivity contribution in [1.29, 1.82) is 0 Å². The molecule has 0 bridgehead atoms. The van der Waals surface area contributed by atoms with Crippen molar-refractivity contribution in [2.24, 2.45) is 0 Å². The summed E-state index contributed by atoms with van der Waals surface area (Å²) in [4.78, 5) is 29.0. The van der Waals surface area contributed by atoms with Crippen LogP contribution in [0.4, 0.5) is 14.9 Å². The van der Waals surface area contributed by atoms with E-state index in [9.17, 15) is 14.0 Å². The van der Waals surface area contributed by atoms with Crippen molar-refractivity contribution in [3.63, 3.8) is 0 Å². The van der Waals surface area contributed by atoms with Crippen molar-refractivity contribution in [2.75, 3.05) is 18.6 Å². The number of amides is 1. The van der Waals surface area contributed by atoms with Crippen LogP contribution < -0.4 is 5.32 Å². The number of ether oxygens (including phenoxy) is 2. The van der Waals surface area contributed by atoms with E-state index in [1.807, 2.05) is 13.0 Å². The first-order chi connectivity index (χ1) is 13.5. The van der Waals surface area contributed by atoms with Gasteiger partial charge in [0.1, 0.15) is 16.9 Å². The Bertz CT molecular complexity index is 818. The van der Waals surface area contributed by atoms with Gasteiger partial charge in [0.15, 0.2) is 5.69 Å². The van der Waals surface area contributed by atoms with Crippen LogP contribution in [0.15, 0.2) is 32.9 Å². The van der Waals surface area contributed by atoms with Gasteiger partial charge in [0.2, 0.25) is 0 Å². The first-order valence-electron chi connectivity index (χ1n) is 8.96. The first kappa shape index (κ1) is 25.3. The van der Waals surface area contributed by atoms with Gasteiger partial charge in [-0.15, -0.1) is 0 Å². The summed E-state index contributed by atoms with van der Waals surface area (Å²) in [5.41, 5.74) is 0.850. The molecule has 0 aliphatic rings. The van der Waals surface area contributed by atoms with Gasteiger partial charge in [0.25, 0.3) is 0 Å². The number of aromatic nitrogens is 1. The monoisotopic (exact) mass is 534 g/mol. The Morgan fingerprint density at radius 1 is 1.28 bits per heavy atom. The zero-order valence-electron chi connectivity index (χ0n) is 17.1. The summed E-state index contributed by atoms with van der Waals surface area (Å²) >= 11 is 6.84. The second-order valence-corrected chi connectivity index (χ2v) is 8.41. The number of nitrogens with one attached hydrogen (secondary N) is 1. The molecule has 0 spiro atoms. The van der Waals surface area contributed by atoms with Crippen molar-refractivity contribution in [2.45, 2.75) is 46.6 Å². The number of rotatable bonds is 7. The molecule has 1 aromatic rings. The number of anilines is 1. The van der Waals surface area contributed by atoms with E-state index < -0.39 is 24.3 Å². The molecule has 0 unspecified atom stereocenters. The fourth-order valence-corrected chi connectivity index (χ4v) is 3.64. The number of carbonyl (C=O) groups excluding carboxylic acids is 2. The second-order valence-electron chi connectivity index (χ2n) is 6.86. The van der Waals surface area contributed by atoms with Crippen molar-refractivity contribution in [1.82, 2.24) is 4.98 Å². The highest BCUT2D eigenvalue weighted by molar-refractivity contribution is 9.11. The first-order valence-corrected chi connectivity index (χ1v) is 10.5. The Hall–Kier alpha value is -1.74. The number of carbonyl (C=O) groups is 2. The van der Waals surface area contributed by atoms with Gasteiger partial charge < -0.3 is 9.47 Å². The predicted octanol–water partition coefficient (Wildman–Crippen LogP) is 6.14. The molecule has 0 aliphatic heterocycles. The number of alkyl halides is 1. The van der Waals surface area contributed by atoms with Gasteiger partial charge in [0, 0.05) is 16.5 Å². The topological polar surface area (TPSA) is 77.5 Å². The molecule has 160 valence electrons. The van der Waals surface area contributed by atoms with Crippen LogP contribution in [0.3, 0.4) is 0 Å². The fourth-order valence-electron chi connectivity index (χ4n) is 2.24. The number of hydrogen-bond donors (Lipinski definition) is 1. The van der Waals surface area contributed by atoms with Gasteiger partial charge >= 0.3 is 12.1 Å². The minimum absolute atomic E-state index is 0.0680. The van der Waals surface area contributed by atoms with E-state index in [0.717, 1.165) is 5.57 Å². The summed E-state index contributed by atoms with van der Waals surface area (Å²) in [6.07, 6.45) is 4.55. The maximum absolute atomic E-state index is 12.5. The number of nitrogens with zero attached hydrogens (tertiary/aromatic N) is 1. The van der Waals surface area contributed by atoms with E-state index in [1.54, 1.807) is 33.8 Å². The largest absolute Gasteiger partial charge is 0.461 e. The smallest absolute Gasteiger partial charge is 0.412 e. The summed E-state index contributed by atoms with van der Waals surface area (Å²) in [6, 6.07) is 0. The molecule has 0 fully saturated rings. The molecule has 1 amide bonds. The number of allylic oxidation sites excluding steroid dienone is 4. The number of esters is 1. The molecule has 1 aromatic heterocycles. The minimum Gasteiger partial charge on any atom is -0.461 e. The minimum atomic E-state index is -0.734. The van der Waals surface area contributed by atoms with Crippen LogP contribution in [0, 0.1) is 0 Å². The van der Waals surface area contributed by atoms with Gasteiger partial charge in [-0.05, 0) is 72.1 Å². The van der Waals surface area contributed by atoms with Crippen LogP contribution in [-0.2, 0) is 15.9 Å². The van der Waals surface area contributed by atoms with E-state index in [4.69, 9.17) is 9.47 Å². The lowest BCUT2D eigenvalue weighted by molar-refractivity contribution is 0.0520. The maximum Gasteiger partial charge on any atom is 0.412 e. The Morgan fingerprint density at radius 2 is 1.93 bits per heavy atom. The second kappa shape index (κ2) is 11.4. The highest BCUT2D eigenvalue weighted by Gasteiger charge is 2.26. The fraction of sp³-hybridized carbons (Fsp3) is 0.450. The van der Waals surface area contributed by atoms with E-state index in [-0.39, 0.29) is 18.0 Å². The average molecular weight is 536 g/mol. The van der Waals surface area contributed by atoms with Gasteiger partial charge in [-0.25, -0.2) is 19.0 Å². The highest BCUT2D eigenvalue weighted by atomic mass is 79.9. The van der Waals surface area contributed by atoms with Crippen molar-refractivity contribution < 1.29 is 23.5 Å². The number of pyridine rings is 1. The summed E-state index contributed by atoms with van der Waals surface area (Å²) in [5, 5.41) is 2.59. The molecule has 6 nitrogen and oxygen atoms in total. The zero-order valence-corrected chi connectivity index (χ0v) is 20.2. The SMILES string of the molecule is C/C=C(\C=C/CF)Cc1c(Br)nc(C(=O)OCC)c(NC(=O)OC(C)(C)C)c1Br. The van der Waals surface area contributed by atoms with Crippen molar-refractivity contribution in [3.05, 3.63) is 44.1 Å². The molecule has 29 heavy (non-hydrogen) atoms. The van der Waals surface area contributed by atoms with Crippen LogP contribution in [0.5, 0.6) is 0 Å². The lowest BCUT2D eigenvalue weighted by Crippen LogP contribution is -2.28. The lowest BCUT2D eigenvalue weighted by atomic mass is 10.0. The normalized spacial score (nSPS) is 12.2. The number of hydrogen-bond acceptors (Lipinski definition) is 5. The molecule has 0 saturated carbocycles. The third-order valence-corrected chi connectivity index (χ3v) is 4.98. The van der Waals surface area contributed by atoms with Gasteiger partial charge in [-0.3, -0.25) is 5.32 Å². The summed E-state index contributed by atoms with van der Waals surface area (Å²) < 4.78 is 23.7. The lowest BCUT2D eigenvalue weighted by Gasteiger charge is -2.21. The molecular formula is C20H25Br2FN2O4. The zero-order chi connectivity index (χ0) is 22.2. The summed E-state index contributed by atoms with van der Waals surface area (Å²) in [5.74, 6) is -0.685. The van der Waals surface area contributed by atoms with E-state index in [2.05, 4.69) is 42.2 Å². The van der Waals surface area contributed by atoms with E-state index in [0.29, 0.717) is 21.1 Å². The quantitative estimate of drug-likeness (QED) is 0.257. The van der Waals surface area contributed by atoms with Crippen LogP contribution in [-0.4, -0.2) is 35.9 Å². The molecular weight excluding hydrogens is 511 g/mol. The maximum atomic E-state index is 12.5. The van der Waals surface area contributed by atoms with Crippen LogP contribution >= 0.6 is 31.9 Å². The molecule has 0 radical (unpaired) electrons. The van der Waals surface area contributed by atoms with Crippen LogP contribution in [0.2, 0.25) is 0 Å². The Kier molecular flexibility index (Phi) is 9.98. The Balaban J connectivity index is 3.45. The van der Waals surface area contributed by atoms with Gasteiger partial charge in [0.05, 0.1) is 12.3 Å². The number of halogens is 3. The van der Waals surface area contributed by atoms with E-state index in [1.165, 1.54) is 6.08 Å². The molecule has 1 heterocycles. The summed E-state index contributed by atoms with van der Waals surface area (Å²) in [7, 11) is 0. The van der Waals surface area contributed by atoms with Gasteiger partial charge in [-0.1, -0.05) is 18.2 Å². The molecule has 1 N–H and O–H groups in total. The standard InChI is InChI=1S/C20H25Br2FN2O4/c1-6-12(9-8-10-23)11-13-14(21)15(25-19(27)29-20(3,4)5)16(24-17(13)22)18(26)28-7-2/h6,8-9H,7,10-11H2,1-5H3,(H,25,27)/b9-8-,12-6+. The van der Waals surface area contributed by atoms with Gasteiger partial charge in [-0.2, -0.15) is 0 Å². The molecule has 0 aromatic carbocycles. The highest BCUT2D eigenvalue weighted by Crippen LogP contribution is 2.36. The Labute approximate surface area is 187 Å². The molecule has 0 atom stereocenters. The predicted molar refractivity (Wildman–Crippen MR) is 118 cm³/mol.